The summed E-state index contributed by atoms with van der Waals surface area (Å²) in [6.45, 7) is 4.63. The molecule has 3 rings (SSSR count). The standard InChI is InChI=1S/C21H25N2O4/c1-14-9-18-19(10-15(14)2)23(13-22(18)3)11-16(24)12-27-20-8-6-5-7-17(20)21(25)26-4/h5-10,13,16,24H,11-12H2,1-4H3/q+1. The molecule has 0 aliphatic heterocycles. The summed E-state index contributed by atoms with van der Waals surface area (Å²) in [6.07, 6.45) is 1.24. The van der Waals surface area contributed by atoms with Gasteiger partial charge in [0.2, 0.25) is 6.33 Å². The first kappa shape index (κ1) is 18.9. The van der Waals surface area contributed by atoms with Gasteiger partial charge in [0.15, 0.2) is 11.0 Å². The predicted octanol–water partition coefficient (Wildman–Crippen LogP) is 2.31. The quantitative estimate of drug-likeness (QED) is 0.535. The van der Waals surface area contributed by atoms with Gasteiger partial charge in [-0.3, -0.25) is 0 Å². The molecule has 0 radical (unpaired) electrons. The summed E-state index contributed by atoms with van der Waals surface area (Å²) in [7, 11) is 3.32. The molecule has 0 aliphatic carbocycles. The molecular weight excluding hydrogens is 344 g/mol. The Balaban J connectivity index is 1.74. The minimum atomic E-state index is -0.729. The number of imidazole rings is 1. The van der Waals surface area contributed by atoms with Gasteiger partial charge in [-0.1, -0.05) is 12.1 Å². The molecule has 0 aliphatic rings. The van der Waals surface area contributed by atoms with E-state index in [9.17, 15) is 9.90 Å². The molecule has 27 heavy (non-hydrogen) atoms. The third-order valence-electron chi connectivity index (χ3n) is 4.72. The summed E-state index contributed by atoms with van der Waals surface area (Å²) in [5, 5.41) is 10.5. The van der Waals surface area contributed by atoms with Crippen LogP contribution in [0.25, 0.3) is 11.0 Å². The van der Waals surface area contributed by atoms with Crippen molar-refractivity contribution in [1.82, 2.24) is 4.57 Å². The number of aromatic nitrogens is 2. The van der Waals surface area contributed by atoms with Gasteiger partial charge in [0.1, 0.15) is 30.6 Å². The molecule has 142 valence electrons. The topological polar surface area (TPSA) is 64.6 Å². The average molecular weight is 369 g/mol. The van der Waals surface area contributed by atoms with E-state index in [4.69, 9.17) is 9.47 Å². The molecule has 0 saturated carbocycles. The zero-order valence-electron chi connectivity index (χ0n) is 16.1. The van der Waals surface area contributed by atoms with Crippen LogP contribution in [0.2, 0.25) is 0 Å². The first-order valence-electron chi connectivity index (χ1n) is 8.84. The molecule has 0 spiro atoms. The van der Waals surface area contributed by atoms with Crippen molar-refractivity contribution >= 4 is 17.0 Å². The number of para-hydroxylation sites is 1. The second kappa shape index (κ2) is 7.80. The van der Waals surface area contributed by atoms with Crippen LogP contribution in [0.5, 0.6) is 5.75 Å². The summed E-state index contributed by atoms with van der Waals surface area (Å²) in [6, 6.07) is 11.1. The number of methoxy groups -OCH3 is 1. The Hall–Kier alpha value is -2.86. The molecule has 1 heterocycles. The molecular formula is C21H25N2O4+. The molecule has 3 aromatic rings. The fourth-order valence-corrected chi connectivity index (χ4v) is 3.11. The van der Waals surface area contributed by atoms with Crippen LogP contribution in [0.3, 0.4) is 0 Å². The van der Waals surface area contributed by atoms with Crippen LogP contribution in [-0.2, 0) is 18.3 Å². The van der Waals surface area contributed by atoms with Crippen LogP contribution in [-0.4, -0.2) is 35.5 Å². The summed E-state index contributed by atoms with van der Waals surface area (Å²) < 4.78 is 14.5. The Morgan fingerprint density at radius 1 is 1.22 bits per heavy atom. The van der Waals surface area contributed by atoms with Gasteiger partial charge in [0.05, 0.1) is 14.2 Å². The van der Waals surface area contributed by atoms with E-state index in [0.717, 1.165) is 11.0 Å². The van der Waals surface area contributed by atoms with Crippen LogP contribution in [0.15, 0.2) is 42.7 Å². The molecule has 1 atom stereocenters. The number of carbonyl (C=O) groups excluding carboxylic acids is 1. The predicted molar refractivity (Wildman–Crippen MR) is 102 cm³/mol. The monoisotopic (exact) mass is 369 g/mol. The zero-order valence-corrected chi connectivity index (χ0v) is 16.1. The van der Waals surface area contributed by atoms with Crippen LogP contribution in [0.4, 0.5) is 0 Å². The van der Waals surface area contributed by atoms with Crippen molar-refractivity contribution < 1.29 is 23.9 Å². The highest BCUT2D eigenvalue weighted by Gasteiger charge is 2.19. The summed E-state index contributed by atoms with van der Waals surface area (Å²) in [5.74, 6) is -0.0628. The number of hydrogen-bond donors (Lipinski definition) is 1. The number of ether oxygens (including phenoxy) is 2. The van der Waals surface area contributed by atoms with Crippen LogP contribution < -0.4 is 9.30 Å². The number of fused-ring (bicyclic) bond motifs is 1. The van der Waals surface area contributed by atoms with E-state index in [2.05, 4.69) is 26.0 Å². The Morgan fingerprint density at radius 2 is 1.93 bits per heavy atom. The van der Waals surface area contributed by atoms with Gasteiger partial charge in [-0.15, -0.1) is 0 Å². The lowest BCUT2D eigenvalue weighted by Gasteiger charge is -2.13. The van der Waals surface area contributed by atoms with E-state index in [0.29, 0.717) is 17.9 Å². The van der Waals surface area contributed by atoms with E-state index in [1.807, 2.05) is 22.5 Å². The first-order chi connectivity index (χ1) is 12.9. The largest absolute Gasteiger partial charge is 0.490 e. The van der Waals surface area contributed by atoms with Crippen molar-refractivity contribution in [3.8, 4) is 5.75 Å². The molecule has 0 saturated heterocycles. The fraction of sp³-hybridized carbons (Fsp3) is 0.333. The van der Waals surface area contributed by atoms with Gasteiger partial charge in [0, 0.05) is 0 Å². The molecule has 0 bridgehead atoms. The lowest BCUT2D eigenvalue weighted by molar-refractivity contribution is -0.645. The smallest absolute Gasteiger partial charge is 0.341 e. The summed E-state index contributed by atoms with van der Waals surface area (Å²) >= 11 is 0. The number of aliphatic hydroxyl groups is 1. The maximum Gasteiger partial charge on any atom is 0.341 e. The van der Waals surface area contributed by atoms with Crippen molar-refractivity contribution in [2.24, 2.45) is 7.05 Å². The minimum absolute atomic E-state index is 0.0717. The second-order valence-corrected chi connectivity index (χ2v) is 6.76. The molecule has 1 N–H and O–H groups in total. The Labute approximate surface area is 158 Å². The SMILES string of the molecule is COC(=O)c1ccccc1OCC(O)Cn1c[n+](C)c2cc(C)c(C)cc21. The highest BCUT2D eigenvalue weighted by molar-refractivity contribution is 5.92. The number of benzene rings is 2. The van der Waals surface area contributed by atoms with Gasteiger partial charge in [0.25, 0.3) is 0 Å². The van der Waals surface area contributed by atoms with E-state index in [-0.39, 0.29) is 6.61 Å². The first-order valence-corrected chi connectivity index (χ1v) is 8.84. The number of aryl methyl sites for hydroxylation is 3. The number of rotatable bonds is 6. The van der Waals surface area contributed by atoms with E-state index < -0.39 is 12.1 Å². The maximum atomic E-state index is 11.8. The van der Waals surface area contributed by atoms with E-state index in [1.54, 1.807) is 24.3 Å². The summed E-state index contributed by atoms with van der Waals surface area (Å²) in [4.78, 5) is 11.8. The molecule has 0 fully saturated rings. The van der Waals surface area contributed by atoms with Crippen molar-refractivity contribution in [2.45, 2.75) is 26.5 Å². The van der Waals surface area contributed by atoms with Gasteiger partial charge in [-0.05, 0) is 49.2 Å². The molecule has 1 unspecified atom stereocenters. The maximum absolute atomic E-state index is 11.8. The summed E-state index contributed by atoms with van der Waals surface area (Å²) in [5.41, 5.74) is 4.97. The highest BCUT2D eigenvalue weighted by Crippen LogP contribution is 2.20. The molecule has 6 nitrogen and oxygen atoms in total. The Morgan fingerprint density at radius 3 is 2.67 bits per heavy atom. The number of hydrogen-bond acceptors (Lipinski definition) is 4. The van der Waals surface area contributed by atoms with Crippen LogP contribution in [0.1, 0.15) is 21.5 Å². The van der Waals surface area contributed by atoms with Gasteiger partial charge in [-0.2, -0.15) is 0 Å². The fourth-order valence-electron chi connectivity index (χ4n) is 3.11. The van der Waals surface area contributed by atoms with Crippen molar-refractivity contribution in [1.29, 1.82) is 0 Å². The number of nitrogens with zero attached hydrogens (tertiary/aromatic N) is 2. The van der Waals surface area contributed by atoms with E-state index in [1.165, 1.54) is 18.2 Å². The van der Waals surface area contributed by atoms with Crippen LogP contribution in [0, 0.1) is 13.8 Å². The third kappa shape index (κ3) is 3.95. The zero-order chi connectivity index (χ0) is 19.6. The lowest BCUT2D eigenvalue weighted by Crippen LogP contribution is -2.27. The number of aliphatic hydroxyl groups excluding tert-OH is 1. The van der Waals surface area contributed by atoms with Gasteiger partial charge in [-0.25, -0.2) is 13.9 Å². The van der Waals surface area contributed by atoms with Crippen molar-refractivity contribution in [3.05, 3.63) is 59.4 Å². The molecule has 2 aromatic carbocycles. The van der Waals surface area contributed by atoms with Crippen molar-refractivity contribution in [3.63, 3.8) is 0 Å². The number of esters is 1. The minimum Gasteiger partial charge on any atom is -0.490 e. The molecule has 1 aromatic heterocycles. The van der Waals surface area contributed by atoms with Crippen molar-refractivity contribution in [2.75, 3.05) is 13.7 Å². The van der Waals surface area contributed by atoms with Gasteiger partial charge < -0.3 is 14.6 Å². The Kier molecular flexibility index (Phi) is 5.46. The Bertz CT molecular complexity index is 978. The molecule has 6 heteroatoms. The van der Waals surface area contributed by atoms with E-state index >= 15 is 0 Å². The van der Waals surface area contributed by atoms with Crippen LogP contribution >= 0.6 is 0 Å². The average Bonchev–Trinajstić information content (AvgIpc) is 2.94. The number of carbonyl (C=O) groups is 1. The van der Waals surface area contributed by atoms with Gasteiger partial charge >= 0.3 is 5.97 Å². The lowest BCUT2D eigenvalue weighted by atomic mass is 10.1. The third-order valence-corrected chi connectivity index (χ3v) is 4.72. The molecule has 0 amide bonds. The highest BCUT2D eigenvalue weighted by atomic mass is 16.5. The second-order valence-electron chi connectivity index (χ2n) is 6.76. The normalized spacial score (nSPS) is 12.2.